The van der Waals surface area contributed by atoms with Crippen molar-refractivity contribution in [3.05, 3.63) is 108 Å². The molecule has 0 fully saturated rings. The molecule has 0 bridgehead atoms. The van der Waals surface area contributed by atoms with Crippen LogP contribution in [-0.4, -0.2) is 32.7 Å². The van der Waals surface area contributed by atoms with Crippen molar-refractivity contribution in [3.8, 4) is 0 Å². The number of nitro benzene ring substituents is 1. The summed E-state index contributed by atoms with van der Waals surface area (Å²) in [7, 11) is 0. The zero-order valence-corrected chi connectivity index (χ0v) is 18.8. The first kappa shape index (κ1) is 22.7. The Morgan fingerprint density at radius 2 is 1.61 bits per heavy atom. The van der Waals surface area contributed by atoms with Gasteiger partial charge in [0.05, 0.1) is 17.0 Å². The van der Waals surface area contributed by atoms with Gasteiger partial charge < -0.3 is 0 Å². The number of carbonyl (C=O) groups is 3. The fourth-order valence-corrected chi connectivity index (χ4v) is 4.01. The molecule has 0 unspecified atom stereocenters. The maximum atomic E-state index is 13.4. The number of imide groups is 1. The van der Waals surface area contributed by atoms with E-state index in [1.54, 1.807) is 12.1 Å². The molecule has 0 aromatic heterocycles. The SMILES string of the molecule is O=C(c1ccc(Cl)cc1)N(Cc1ccc(Cl)cc1Cl)N1C(=O)c2cccc([N+](=O)[O-])c2C1=O. The van der Waals surface area contributed by atoms with Gasteiger partial charge in [-0.15, -0.1) is 0 Å². The van der Waals surface area contributed by atoms with Crippen molar-refractivity contribution in [1.29, 1.82) is 0 Å². The molecule has 3 aromatic carbocycles. The number of halogens is 3. The second kappa shape index (κ2) is 8.82. The number of rotatable bonds is 5. The van der Waals surface area contributed by atoms with E-state index in [0.29, 0.717) is 20.6 Å². The van der Waals surface area contributed by atoms with Crippen LogP contribution in [0.15, 0.2) is 60.7 Å². The zero-order chi connectivity index (χ0) is 23.9. The zero-order valence-electron chi connectivity index (χ0n) is 16.5. The molecule has 3 aromatic rings. The smallest absolute Gasteiger partial charge is 0.267 e. The molecule has 0 saturated heterocycles. The van der Waals surface area contributed by atoms with E-state index in [1.807, 2.05) is 0 Å². The number of carbonyl (C=O) groups excluding carboxylic acids is 3. The summed E-state index contributed by atoms with van der Waals surface area (Å²) in [5.41, 5.74) is -0.560. The molecule has 1 heterocycles. The first-order valence-corrected chi connectivity index (χ1v) is 10.5. The molecule has 0 spiro atoms. The predicted octanol–water partition coefficient (Wildman–Crippen LogP) is 5.41. The van der Waals surface area contributed by atoms with Crippen LogP contribution in [0.1, 0.15) is 36.6 Å². The van der Waals surface area contributed by atoms with Crippen molar-refractivity contribution >= 4 is 58.2 Å². The number of hydrazine groups is 1. The van der Waals surface area contributed by atoms with E-state index in [4.69, 9.17) is 34.8 Å². The molecule has 8 nitrogen and oxygen atoms in total. The molecule has 4 rings (SSSR count). The normalized spacial score (nSPS) is 12.6. The van der Waals surface area contributed by atoms with Gasteiger partial charge in [-0.2, -0.15) is 5.01 Å². The number of hydrogen-bond donors (Lipinski definition) is 0. The van der Waals surface area contributed by atoms with Crippen LogP contribution >= 0.6 is 34.8 Å². The third-order valence-corrected chi connectivity index (χ3v) is 5.81. The Hall–Kier alpha value is -3.46. The maximum Gasteiger partial charge on any atom is 0.287 e. The first-order valence-electron chi connectivity index (χ1n) is 9.36. The highest BCUT2D eigenvalue weighted by Gasteiger charge is 2.45. The van der Waals surface area contributed by atoms with Crippen molar-refractivity contribution < 1.29 is 19.3 Å². The Morgan fingerprint density at radius 3 is 2.24 bits per heavy atom. The summed E-state index contributed by atoms with van der Waals surface area (Å²) in [6.45, 7) is -0.281. The van der Waals surface area contributed by atoms with Gasteiger partial charge in [-0.3, -0.25) is 24.5 Å². The quantitative estimate of drug-likeness (QED) is 0.263. The molecule has 0 aliphatic carbocycles. The van der Waals surface area contributed by atoms with Crippen molar-refractivity contribution in [2.24, 2.45) is 0 Å². The standard InChI is InChI=1S/C22H12Cl3N3O5/c23-14-7-4-12(5-8-14)20(29)26(11-13-6-9-15(24)10-17(13)25)27-21(30)16-2-1-3-18(28(32)33)19(16)22(27)31/h1-10H,11H2. The maximum absolute atomic E-state index is 13.4. The second-order valence-corrected chi connectivity index (χ2v) is 8.26. The number of hydrogen-bond acceptors (Lipinski definition) is 5. The first-order chi connectivity index (χ1) is 15.7. The predicted molar refractivity (Wildman–Crippen MR) is 121 cm³/mol. The Labute approximate surface area is 202 Å². The van der Waals surface area contributed by atoms with Gasteiger partial charge in [-0.25, -0.2) is 5.01 Å². The summed E-state index contributed by atoms with van der Waals surface area (Å²) < 4.78 is 0. The molecule has 0 saturated carbocycles. The number of nitrogens with zero attached hydrogens (tertiary/aromatic N) is 3. The summed E-state index contributed by atoms with van der Waals surface area (Å²) in [6.07, 6.45) is 0. The molecule has 11 heteroatoms. The summed E-state index contributed by atoms with van der Waals surface area (Å²) in [6, 6.07) is 14.1. The summed E-state index contributed by atoms with van der Waals surface area (Å²) in [5.74, 6) is -2.57. The molecular weight excluding hydrogens is 493 g/mol. The minimum absolute atomic E-state index is 0.135. The second-order valence-electron chi connectivity index (χ2n) is 6.98. The van der Waals surface area contributed by atoms with Crippen LogP contribution in [0.3, 0.4) is 0 Å². The molecule has 3 amide bonds. The van der Waals surface area contributed by atoms with E-state index in [0.717, 1.165) is 11.1 Å². The fourth-order valence-electron chi connectivity index (χ4n) is 3.41. The third kappa shape index (κ3) is 4.16. The van der Waals surface area contributed by atoms with Crippen LogP contribution in [0.25, 0.3) is 0 Å². The lowest BCUT2D eigenvalue weighted by Crippen LogP contribution is -2.49. The van der Waals surface area contributed by atoms with Gasteiger partial charge in [-0.1, -0.05) is 46.9 Å². The van der Waals surface area contributed by atoms with Crippen molar-refractivity contribution in [2.45, 2.75) is 6.54 Å². The van der Waals surface area contributed by atoms with Crippen molar-refractivity contribution in [3.63, 3.8) is 0 Å². The summed E-state index contributed by atoms with van der Waals surface area (Å²) >= 11 is 18.1. The lowest BCUT2D eigenvalue weighted by Gasteiger charge is -2.30. The van der Waals surface area contributed by atoms with Gasteiger partial charge in [0.2, 0.25) is 0 Å². The van der Waals surface area contributed by atoms with E-state index in [1.165, 1.54) is 42.5 Å². The highest BCUT2D eigenvalue weighted by Crippen LogP contribution is 2.33. The van der Waals surface area contributed by atoms with Gasteiger partial charge in [0.25, 0.3) is 23.4 Å². The number of nitro groups is 1. The monoisotopic (exact) mass is 503 g/mol. The van der Waals surface area contributed by atoms with E-state index < -0.39 is 28.3 Å². The molecule has 1 aliphatic heterocycles. The lowest BCUT2D eigenvalue weighted by atomic mass is 10.1. The van der Waals surface area contributed by atoms with E-state index in [2.05, 4.69) is 0 Å². The molecule has 33 heavy (non-hydrogen) atoms. The van der Waals surface area contributed by atoms with Gasteiger partial charge in [0, 0.05) is 26.7 Å². The van der Waals surface area contributed by atoms with Crippen LogP contribution in [0.4, 0.5) is 5.69 Å². The Balaban J connectivity index is 1.82. The highest BCUT2D eigenvalue weighted by molar-refractivity contribution is 6.35. The minimum Gasteiger partial charge on any atom is -0.267 e. The van der Waals surface area contributed by atoms with E-state index in [9.17, 15) is 24.5 Å². The fraction of sp³-hybridized carbons (Fsp3) is 0.0455. The van der Waals surface area contributed by atoms with Crippen molar-refractivity contribution in [2.75, 3.05) is 0 Å². The molecule has 0 N–H and O–H groups in total. The molecule has 166 valence electrons. The largest absolute Gasteiger partial charge is 0.287 e. The van der Waals surface area contributed by atoms with Gasteiger partial charge >= 0.3 is 0 Å². The molecular formula is C22H12Cl3N3O5. The highest BCUT2D eigenvalue weighted by atomic mass is 35.5. The van der Waals surface area contributed by atoms with Crippen LogP contribution in [0.5, 0.6) is 0 Å². The molecule has 0 radical (unpaired) electrons. The van der Waals surface area contributed by atoms with Crippen LogP contribution in [0, 0.1) is 10.1 Å². The Bertz CT molecular complexity index is 1330. The lowest BCUT2D eigenvalue weighted by molar-refractivity contribution is -0.385. The van der Waals surface area contributed by atoms with Gasteiger partial charge in [-0.05, 0) is 48.0 Å². The summed E-state index contributed by atoms with van der Waals surface area (Å²) in [4.78, 5) is 50.5. The van der Waals surface area contributed by atoms with E-state index >= 15 is 0 Å². The van der Waals surface area contributed by atoms with Gasteiger partial charge in [0.15, 0.2) is 0 Å². The number of benzene rings is 3. The third-order valence-electron chi connectivity index (χ3n) is 4.97. The number of amides is 3. The number of fused-ring (bicyclic) bond motifs is 1. The molecule has 1 aliphatic rings. The van der Waals surface area contributed by atoms with Crippen LogP contribution < -0.4 is 0 Å². The van der Waals surface area contributed by atoms with E-state index in [-0.39, 0.29) is 28.3 Å². The van der Waals surface area contributed by atoms with Gasteiger partial charge in [0.1, 0.15) is 5.56 Å². The Morgan fingerprint density at radius 1 is 0.939 bits per heavy atom. The average Bonchev–Trinajstić information content (AvgIpc) is 3.03. The molecule has 0 atom stereocenters. The Kier molecular flexibility index (Phi) is 6.07. The van der Waals surface area contributed by atoms with Crippen LogP contribution in [0.2, 0.25) is 15.1 Å². The van der Waals surface area contributed by atoms with Crippen molar-refractivity contribution in [1.82, 2.24) is 10.0 Å². The minimum atomic E-state index is -0.991. The average molecular weight is 505 g/mol. The van der Waals surface area contributed by atoms with Crippen LogP contribution in [-0.2, 0) is 6.54 Å². The topological polar surface area (TPSA) is 101 Å². The summed E-state index contributed by atoms with van der Waals surface area (Å²) in [5, 5.41) is 13.9.